The molecule has 0 unspecified atom stereocenters. The predicted octanol–water partition coefficient (Wildman–Crippen LogP) is 2.92. The lowest BCUT2D eigenvalue weighted by atomic mass is 10.1. The highest BCUT2D eigenvalue weighted by Crippen LogP contribution is 2.31. The molecule has 1 aromatic carbocycles. The van der Waals surface area contributed by atoms with E-state index in [1.54, 1.807) is 17.6 Å². The summed E-state index contributed by atoms with van der Waals surface area (Å²) >= 11 is 1.35. The number of hydrogen-bond donors (Lipinski definition) is 1. The Kier molecular flexibility index (Phi) is 5.24. The molecule has 1 aromatic heterocycles. The molecule has 134 valence electrons. The summed E-state index contributed by atoms with van der Waals surface area (Å²) in [6, 6.07) is 5.35. The smallest absolute Gasteiger partial charge is 0.369 e. The van der Waals surface area contributed by atoms with Crippen LogP contribution in [0.25, 0.3) is 0 Å². The molecular weight excluding hydrogens is 353 g/mol. The van der Waals surface area contributed by atoms with Gasteiger partial charge in [-0.1, -0.05) is 6.07 Å². The molecule has 3 rings (SSSR count). The van der Waals surface area contributed by atoms with Crippen molar-refractivity contribution in [2.24, 2.45) is 0 Å². The Morgan fingerprint density at radius 2 is 2.00 bits per heavy atom. The quantitative estimate of drug-likeness (QED) is 0.899. The molecule has 1 aliphatic heterocycles. The Morgan fingerprint density at radius 3 is 2.64 bits per heavy atom. The van der Waals surface area contributed by atoms with Gasteiger partial charge in [-0.15, -0.1) is 11.3 Å². The first kappa shape index (κ1) is 17.7. The van der Waals surface area contributed by atoms with Crippen LogP contribution in [-0.4, -0.2) is 48.5 Å². The standard InChI is InChI=1S/C16H17F3N4OS/c17-16(18,19)12-2-1-3-13(10-12)23-7-5-22(6-8-23)11-14(24)21-15-20-4-9-25-15/h1-4,9-10H,5-8,11H2,(H,20,21,24). The maximum Gasteiger partial charge on any atom is 0.416 e. The molecule has 1 aliphatic rings. The van der Waals surface area contributed by atoms with E-state index in [4.69, 9.17) is 0 Å². The van der Waals surface area contributed by atoms with Gasteiger partial charge in [-0.25, -0.2) is 4.98 Å². The van der Waals surface area contributed by atoms with Crippen LogP contribution < -0.4 is 10.2 Å². The summed E-state index contributed by atoms with van der Waals surface area (Å²) in [6.45, 7) is 2.62. The highest BCUT2D eigenvalue weighted by atomic mass is 32.1. The zero-order valence-corrected chi connectivity index (χ0v) is 14.1. The fraction of sp³-hybridized carbons (Fsp3) is 0.375. The first-order chi connectivity index (χ1) is 11.9. The van der Waals surface area contributed by atoms with Crippen molar-refractivity contribution in [1.82, 2.24) is 9.88 Å². The molecular formula is C16H17F3N4OS. The highest BCUT2D eigenvalue weighted by Gasteiger charge is 2.31. The van der Waals surface area contributed by atoms with Crippen LogP contribution in [0.3, 0.4) is 0 Å². The third kappa shape index (κ3) is 4.70. The molecule has 0 atom stereocenters. The monoisotopic (exact) mass is 370 g/mol. The largest absolute Gasteiger partial charge is 0.416 e. The number of carbonyl (C=O) groups is 1. The number of halogens is 3. The van der Waals surface area contributed by atoms with Gasteiger partial charge in [-0.05, 0) is 18.2 Å². The molecule has 1 N–H and O–H groups in total. The number of thiazole rings is 1. The average molecular weight is 370 g/mol. The van der Waals surface area contributed by atoms with E-state index < -0.39 is 11.7 Å². The molecule has 0 radical (unpaired) electrons. The lowest BCUT2D eigenvalue weighted by Crippen LogP contribution is -2.48. The van der Waals surface area contributed by atoms with Crippen LogP contribution in [0.5, 0.6) is 0 Å². The topological polar surface area (TPSA) is 48.5 Å². The molecule has 2 aromatic rings. The van der Waals surface area contributed by atoms with Gasteiger partial charge >= 0.3 is 6.18 Å². The van der Waals surface area contributed by atoms with Crippen LogP contribution in [0.15, 0.2) is 35.8 Å². The van der Waals surface area contributed by atoms with Gasteiger partial charge in [0.2, 0.25) is 5.91 Å². The van der Waals surface area contributed by atoms with Crippen LogP contribution in [0, 0.1) is 0 Å². The number of amides is 1. The van der Waals surface area contributed by atoms with E-state index in [1.165, 1.54) is 23.5 Å². The second-order valence-electron chi connectivity index (χ2n) is 5.70. The molecule has 1 fully saturated rings. The molecule has 25 heavy (non-hydrogen) atoms. The molecule has 0 saturated carbocycles. The van der Waals surface area contributed by atoms with Crippen LogP contribution in [-0.2, 0) is 11.0 Å². The molecule has 1 amide bonds. The van der Waals surface area contributed by atoms with Gasteiger partial charge in [0.15, 0.2) is 5.13 Å². The molecule has 5 nitrogen and oxygen atoms in total. The summed E-state index contributed by atoms with van der Waals surface area (Å²) in [7, 11) is 0. The van der Waals surface area contributed by atoms with Crippen molar-refractivity contribution in [3.05, 3.63) is 41.4 Å². The van der Waals surface area contributed by atoms with Crippen molar-refractivity contribution in [2.45, 2.75) is 6.18 Å². The van der Waals surface area contributed by atoms with Gasteiger partial charge in [-0.3, -0.25) is 9.69 Å². The Morgan fingerprint density at radius 1 is 1.24 bits per heavy atom. The lowest BCUT2D eigenvalue weighted by molar-refractivity contribution is -0.137. The normalized spacial score (nSPS) is 16.0. The maximum absolute atomic E-state index is 12.8. The van der Waals surface area contributed by atoms with Crippen molar-refractivity contribution >= 4 is 28.1 Å². The molecule has 0 spiro atoms. The number of nitrogens with zero attached hydrogens (tertiary/aromatic N) is 3. The predicted molar refractivity (Wildman–Crippen MR) is 90.8 cm³/mol. The van der Waals surface area contributed by atoms with E-state index in [0.717, 1.165) is 6.07 Å². The first-order valence-corrected chi connectivity index (χ1v) is 8.64. The Balaban J connectivity index is 1.52. The van der Waals surface area contributed by atoms with Gasteiger partial charge in [-0.2, -0.15) is 13.2 Å². The summed E-state index contributed by atoms with van der Waals surface area (Å²) in [5.41, 5.74) is -0.0861. The van der Waals surface area contributed by atoms with Crippen molar-refractivity contribution in [2.75, 3.05) is 42.9 Å². The number of anilines is 2. The third-order valence-corrected chi connectivity index (χ3v) is 4.65. The number of alkyl halides is 3. The number of carbonyl (C=O) groups excluding carboxylic acids is 1. The third-order valence-electron chi connectivity index (χ3n) is 3.96. The second-order valence-corrected chi connectivity index (χ2v) is 6.59. The Labute approximate surface area is 147 Å². The number of benzene rings is 1. The summed E-state index contributed by atoms with van der Waals surface area (Å²) in [5, 5.41) is 5.07. The average Bonchev–Trinajstić information content (AvgIpc) is 3.08. The Hall–Kier alpha value is -2.13. The number of aromatic nitrogens is 1. The zero-order valence-electron chi connectivity index (χ0n) is 13.3. The second kappa shape index (κ2) is 7.40. The number of hydrogen-bond acceptors (Lipinski definition) is 5. The fourth-order valence-electron chi connectivity index (χ4n) is 2.69. The number of nitrogens with one attached hydrogen (secondary N) is 1. The van der Waals surface area contributed by atoms with Gasteiger partial charge in [0, 0.05) is 43.4 Å². The van der Waals surface area contributed by atoms with Crippen molar-refractivity contribution in [3.8, 4) is 0 Å². The summed E-state index contributed by atoms with van der Waals surface area (Å²) in [4.78, 5) is 19.8. The van der Waals surface area contributed by atoms with E-state index in [-0.39, 0.29) is 12.5 Å². The molecule has 1 saturated heterocycles. The first-order valence-electron chi connectivity index (χ1n) is 7.76. The van der Waals surface area contributed by atoms with Crippen LogP contribution in [0.4, 0.5) is 24.0 Å². The maximum atomic E-state index is 12.8. The van der Waals surface area contributed by atoms with Crippen LogP contribution in [0.2, 0.25) is 0 Å². The number of rotatable bonds is 4. The fourth-order valence-corrected chi connectivity index (χ4v) is 3.24. The molecule has 0 aliphatic carbocycles. The summed E-state index contributed by atoms with van der Waals surface area (Å²) < 4.78 is 38.5. The summed E-state index contributed by atoms with van der Waals surface area (Å²) in [6.07, 6.45) is -2.72. The SMILES string of the molecule is O=C(CN1CCN(c2cccc(C(F)(F)F)c2)CC1)Nc1nccs1. The minimum absolute atomic E-state index is 0.137. The van der Waals surface area contributed by atoms with E-state index in [0.29, 0.717) is 37.0 Å². The summed E-state index contributed by atoms with van der Waals surface area (Å²) in [5.74, 6) is -0.137. The molecule has 9 heteroatoms. The minimum Gasteiger partial charge on any atom is -0.369 e. The van der Waals surface area contributed by atoms with Gasteiger partial charge in [0.05, 0.1) is 12.1 Å². The molecule has 0 bridgehead atoms. The van der Waals surface area contributed by atoms with Gasteiger partial charge < -0.3 is 10.2 Å². The van der Waals surface area contributed by atoms with Crippen LogP contribution >= 0.6 is 11.3 Å². The van der Waals surface area contributed by atoms with Crippen molar-refractivity contribution in [1.29, 1.82) is 0 Å². The van der Waals surface area contributed by atoms with Crippen molar-refractivity contribution < 1.29 is 18.0 Å². The molecule has 2 heterocycles. The Bertz CT molecular complexity index is 712. The highest BCUT2D eigenvalue weighted by molar-refractivity contribution is 7.13. The van der Waals surface area contributed by atoms with Crippen molar-refractivity contribution in [3.63, 3.8) is 0 Å². The van der Waals surface area contributed by atoms with Gasteiger partial charge in [0.1, 0.15) is 0 Å². The van der Waals surface area contributed by atoms with E-state index in [9.17, 15) is 18.0 Å². The lowest BCUT2D eigenvalue weighted by Gasteiger charge is -2.35. The van der Waals surface area contributed by atoms with E-state index >= 15 is 0 Å². The minimum atomic E-state index is -4.34. The van der Waals surface area contributed by atoms with E-state index in [1.807, 2.05) is 9.80 Å². The van der Waals surface area contributed by atoms with E-state index in [2.05, 4.69) is 10.3 Å². The number of piperazine rings is 1. The van der Waals surface area contributed by atoms with Crippen LogP contribution in [0.1, 0.15) is 5.56 Å². The zero-order chi connectivity index (χ0) is 17.9. The van der Waals surface area contributed by atoms with Gasteiger partial charge in [0.25, 0.3) is 0 Å².